The van der Waals surface area contributed by atoms with Gasteiger partial charge in [-0.1, -0.05) is 36.4 Å². The van der Waals surface area contributed by atoms with Gasteiger partial charge in [-0.25, -0.2) is 9.48 Å². The number of carbonyl (C=O) groups is 2. The molecule has 3 heterocycles. The predicted molar refractivity (Wildman–Crippen MR) is 140 cm³/mol. The van der Waals surface area contributed by atoms with Crippen molar-refractivity contribution in [3.05, 3.63) is 77.6 Å². The van der Waals surface area contributed by atoms with Crippen molar-refractivity contribution < 1.29 is 14.3 Å². The molecular formula is C29H33N5O3. The number of carbonyl (C=O) groups excluding carboxylic acids is 2. The SMILES string of the molecule is CCN1C(=O)N(C2Cc3ccccc3C2)C(=O)C12CCN(Cc1cnn(-c3ccccc3OC)c1)CC2. The molecule has 0 bridgehead atoms. The summed E-state index contributed by atoms with van der Waals surface area (Å²) in [5.41, 5.74) is 3.78. The molecule has 0 radical (unpaired) electrons. The highest BCUT2D eigenvalue weighted by Gasteiger charge is 2.59. The molecule has 2 aromatic carbocycles. The van der Waals surface area contributed by atoms with E-state index in [1.54, 1.807) is 12.0 Å². The summed E-state index contributed by atoms with van der Waals surface area (Å²) < 4.78 is 7.32. The van der Waals surface area contributed by atoms with Crippen LogP contribution in [0.2, 0.25) is 0 Å². The number of para-hydroxylation sites is 2. The van der Waals surface area contributed by atoms with Crippen LogP contribution in [0.25, 0.3) is 5.69 Å². The monoisotopic (exact) mass is 499 g/mol. The van der Waals surface area contributed by atoms with Gasteiger partial charge in [-0.15, -0.1) is 0 Å². The maximum atomic E-state index is 13.9. The fourth-order valence-electron chi connectivity index (χ4n) is 6.43. The molecule has 8 heteroatoms. The van der Waals surface area contributed by atoms with Gasteiger partial charge in [0.15, 0.2) is 0 Å². The van der Waals surface area contributed by atoms with E-state index in [4.69, 9.17) is 4.74 Å². The second kappa shape index (κ2) is 9.34. The fraction of sp³-hybridized carbons (Fsp3) is 0.414. The maximum Gasteiger partial charge on any atom is 0.327 e. The van der Waals surface area contributed by atoms with Gasteiger partial charge < -0.3 is 9.64 Å². The van der Waals surface area contributed by atoms with E-state index < -0.39 is 5.54 Å². The summed E-state index contributed by atoms with van der Waals surface area (Å²) in [5.74, 6) is 0.775. The Morgan fingerprint density at radius 3 is 2.35 bits per heavy atom. The number of methoxy groups -OCH3 is 1. The molecule has 3 amide bonds. The molecule has 1 spiro atoms. The van der Waals surface area contributed by atoms with E-state index in [0.29, 0.717) is 19.4 Å². The molecule has 1 aromatic heterocycles. The van der Waals surface area contributed by atoms with Gasteiger partial charge in [0, 0.05) is 44.0 Å². The number of fused-ring (bicyclic) bond motifs is 1. The van der Waals surface area contributed by atoms with Crippen molar-refractivity contribution in [2.45, 2.75) is 50.7 Å². The minimum atomic E-state index is -0.724. The van der Waals surface area contributed by atoms with E-state index in [0.717, 1.165) is 49.5 Å². The molecule has 3 aliphatic rings. The van der Waals surface area contributed by atoms with E-state index in [9.17, 15) is 9.59 Å². The van der Waals surface area contributed by atoms with E-state index >= 15 is 0 Å². The summed E-state index contributed by atoms with van der Waals surface area (Å²) >= 11 is 0. The molecule has 3 aromatic rings. The van der Waals surface area contributed by atoms with Crippen LogP contribution in [0.3, 0.4) is 0 Å². The summed E-state index contributed by atoms with van der Waals surface area (Å²) in [6.07, 6.45) is 6.74. The van der Waals surface area contributed by atoms with E-state index in [1.165, 1.54) is 11.1 Å². The number of benzene rings is 2. The van der Waals surface area contributed by atoms with Crippen LogP contribution in [-0.2, 0) is 24.2 Å². The van der Waals surface area contributed by atoms with Crippen LogP contribution in [0.5, 0.6) is 5.75 Å². The predicted octanol–water partition coefficient (Wildman–Crippen LogP) is 3.67. The third kappa shape index (κ3) is 3.91. The number of likely N-dealkylation sites (N-methyl/N-ethyl adjacent to an activating group) is 1. The molecule has 2 saturated heterocycles. The normalized spacial score (nSPS) is 19.7. The number of rotatable bonds is 6. The second-order valence-electron chi connectivity index (χ2n) is 10.3. The first kappa shape index (κ1) is 23.7. The first-order chi connectivity index (χ1) is 18.0. The number of aromatic nitrogens is 2. The first-order valence-corrected chi connectivity index (χ1v) is 13.2. The Morgan fingerprint density at radius 2 is 1.68 bits per heavy atom. The van der Waals surface area contributed by atoms with Crippen LogP contribution in [0.1, 0.15) is 36.5 Å². The number of piperidine rings is 1. The van der Waals surface area contributed by atoms with Gasteiger partial charge in [0.1, 0.15) is 17.0 Å². The summed E-state index contributed by atoms with van der Waals surface area (Å²) in [5, 5.41) is 4.55. The second-order valence-corrected chi connectivity index (χ2v) is 10.3. The number of urea groups is 1. The van der Waals surface area contributed by atoms with Crippen LogP contribution in [-0.4, -0.2) is 74.7 Å². The van der Waals surface area contributed by atoms with Gasteiger partial charge in [-0.3, -0.25) is 14.6 Å². The Hall–Kier alpha value is -3.65. The van der Waals surface area contributed by atoms with Crippen molar-refractivity contribution in [2.24, 2.45) is 0 Å². The van der Waals surface area contributed by atoms with Gasteiger partial charge >= 0.3 is 6.03 Å². The van der Waals surface area contributed by atoms with Crippen LogP contribution in [0.15, 0.2) is 60.9 Å². The van der Waals surface area contributed by atoms with Crippen molar-refractivity contribution in [3.63, 3.8) is 0 Å². The van der Waals surface area contributed by atoms with Gasteiger partial charge in [0.05, 0.1) is 13.3 Å². The largest absolute Gasteiger partial charge is 0.494 e. The average Bonchev–Trinajstić information content (AvgIpc) is 3.61. The minimum Gasteiger partial charge on any atom is -0.494 e. The standard InChI is InChI=1S/C29H33N5O3/c1-3-32-28(36)34(24-16-22-8-4-5-9-23(22)17-24)27(35)29(32)12-14-31(15-13-29)19-21-18-30-33(20-21)25-10-6-7-11-26(25)37-2/h4-11,18,20,24H,3,12-17,19H2,1-2H3. The number of amides is 3. The lowest BCUT2D eigenvalue weighted by Crippen LogP contribution is -2.56. The summed E-state index contributed by atoms with van der Waals surface area (Å²) in [7, 11) is 1.66. The molecule has 1 aliphatic carbocycles. The Labute approximate surface area is 217 Å². The van der Waals surface area contributed by atoms with E-state index in [1.807, 2.05) is 65.3 Å². The summed E-state index contributed by atoms with van der Waals surface area (Å²) in [6.45, 7) is 4.80. The van der Waals surface area contributed by atoms with Gasteiger partial charge in [0.25, 0.3) is 5.91 Å². The average molecular weight is 500 g/mol. The molecule has 0 N–H and O–H groups in total. The maximum absolute atomic E-state index is 13.9. The lowest BCUT2D eigenvalue weighted by Gasteiger charge is -2.41. The van der Waals surface area contributed by atoms with Gasteiger partial charge in [-0.05, 0) is 55.9 Å². The molecule has 0 atom stereocenters. The smallest absolute Gasteiger partial charge is 0.327 e. The minimum absolute atomic E-state index is 0.000739. The van der Waals surface area contributed by atoms with Gasteiger partial charge in [0.2, 0.25) is 0 Å². The molecule has 6 rings (SSSR count). The van der Waals surface area contributed by atoms with Crippen LogP contribution in [0, 0.1) is 0 Å². The summed E-state index contributed by atoms with van der Waals surface area (Å²) in [6, 6.07) is 15.9. The lowest BCUT2D eigenvalue weighted by atomic mass is 9.85. The highest BCUT2D eigenvalue weighted by molar-refractivity contribution is 6.07. The van der Waals surface area contributed by atoms with Crippen LogP contribution < -0.4 is 4.74 Å². The fourth-order valence-corrected chi connectivity index (χ4v) is 6.43. The number of likely N-dealkylation sites (tertiary alicyclic amines) is 1. The van der Waals surface area contributed by atoms with Crippen molar-refractivity contribution in [1.82, 2.24) is 24.5 Å². The quantitative estimate of drug-likeness (QED) is 0.484. The molecule has 2 aliphatic heterocycles. The van der Waals surface area contributed by atoms with Crippen LogP contribution >= 0.6 is 0 Å². The third-order valence-electron chi connectivity index (χ3n) is 8.34. The zero-order chi connectivity index (χ0) is 25.6. The number of hydrogen-bond acceptors (Lipinski definition) is 5. The number of imide groups is 1. The third-order valence-corrected chi connectivity index (χ3v) is 8.34. The molecular weight excluding hydrogens is 466 g/mol. The molecule has 37 heavy (non-hydrogen) atoms. The van der Waals surface area contributed by atoms with Gasteiger partial charge in [-0.2, -0.15) is 5.10 Å². The highest BCUT2D eigenvalue weighted by atomic mass is 16.5. The molecule has 0 unspecified atom stereocenters. The topological polar surface area (TPSA) is 70.9 Å². The number of ether oxygens (including phenoxy) is 1. The molecule has 2 fully saturated rings. The zero-order valence-corrected chi connectivity index (χ0v) is 21.5. The zero-order valence-electron chi connectivity index (χ0n) is 21.5. The van der Waals surface area contributed by atoms with Crippen molar-refractivity contribution in [3.8, 4) is 11.4 Å². The molecule has 8 nitrogen and oxygen atoms in total. The highest BCUT2D eigenvalue weighted by Crippen LogP contribution is 2.40. The first-order valence-electron chi connectivity index (χ1n) is 13.2. The van der Waals surface area contributed by atoms with E-state index in [-0.39, 0.29) is 18.0 Å². The Balaban J connectivity index is 1.15. The molecule has 0 saturated carbocycles. The number of nitrogens with zero attached hydrogens (tertiary/aromatic N) is 5. The van der Waals surface area contributed by atoms with Crippen molar-refractivity contribution >= 4 is 11.9 Å². The Morgan fingerprint density at radius 1 is 1.00 bits per heavy atom. The van der Waals surface area contributed by atoms with Crippen molar-refractivity contribution in [2.75, 3.05) is 26.7 Å². The number of hydrogen-bond donors (Lipinski definition) is 0. The van der Waals surface area contributed by atoms with E-state index in [2.05, 4.69) is 22.1 Å². The lowest BCUT2D eigenvalue weighted by molar-refractivity contribution is -0.137. The molecule has 192 valence electrons. The summed E-state index contributed by atoms with van der Waals surface area (Å²) in [4.78, 5) is 33.2. The van der Waals surface area contributed by atoms with Crippen molar-refractivity contribution in [1.29, 1.82) is 0 Å². The van der Waals surface area contributed by atoms with Crippen LogP contribution in [0.4, 0.5) is 4.79 Å². The Bertz CT molecular complexity index is 1300. The Kier molecular flexibility index (Phi) is 5.99.